The molecular weight excluding hydrogens is 182 g/mol. The zero-order chi connectivity index (χ0) is 10.7. The van der Waals surface area contributed by atoms with E-state index in [2.05, 4.69) is 37.4 Å². The van der Waals surface area contributed by atoms with Gasteiger partial charge in [-0.2, -0.15) is 0 Å². The summed E-state index contributed by atoms with van der Waals surface area (Å²) >= 11 is 0. The topological polar surface area (TPSA) is 12.0 Å². The molecule has 1 aromatic rings. The lowest BCUT2D eigenvalue weighted by atomic mass is 9.85. The van der Waals surface area contributed by atoms with E-state index in [0.717, 1.165) is 12.5 Å². The van der Waals surface area contributed by atoms with E-state index in [1.807, 2.05) is 0 Å². The molecule has 1 heteroatoms. The van der Waals surface area contributed by atoms with Gasteiger partial charge in [-0.1, -0.05) is 30.2 Å². The summed E-state index contributed by atoms with van der Waals surface area (Å²) in [7, 11) is 0. The standard InChI is InChI=1S/C14H21N/c1-11-6-7-14(12(2)8-11)10-15-9-13-4-3-5-13/h6-8,13,15H,3-5,9-10H2,1-2H3. The normalized spacial score (nSPS) is 16.4. The van der Waals surface area contributed by atoms with E-state index in [4.69, 9.17) is 0 Å². The van der Waals surface area contributed by atoms with Crippen LogP contribution in [0, 0.1) is 19.8 Å². The van der Waals surface area contributed by atoms with Crippen LogP contribution in [-0.4, -0.2) is 6.54 Å². The summed E-state index contributed by atoms with van der Waals surface area (Å²) in [4.78, 5) is 0. The lowest BCUT2D eigenvalue weighted by Gasteiger charge is -2.25. The zero-order valence-electron chi connectivity index (χ0n) is 9.84. The molecule has 1 aliphatic carbocycles. The predicted molar refractivity (Wildman–Crippen MR) is 65.0 cm³/mol. The number of hydrogen-bond acceptors (Lipinski definition) is 1. The third-order valence-corrected chi connectivity index (χ3v) is 3.47. The van der Waals surface area contributed by atoms with Crippen molar-refractivity contribution in [3.8, 4) is 0 Å². The van der Waals surface area contributed by atoms with Gasteiger partial charge in [0.15, 0.2) is 0 Å². The Kier molecular flexibility index (Phi) is 3.42. The fourth-order valence-corrected chi connectivity index (χ4v) is 2.15. The average Bonchev–Trinajstić information content (AvgIpc) is 2.12. The molecule has 1 N–H and O–H groups in total. The molecule has 1 nitrogen and oxygen atoms in total. The molecule has 0 bridgehead atoms. The Morgan fingerprint density at radius 1 is 1.27 bits per heavy atom. The SMILES string of the molecule is Cc1ccc(CNCC2CCC2)c(C)c1. The van der Waals surface area contributed by atoms with Crippen molar-refractivity contribution in [3.05, 3.63) is 34.9 Å². The molecule has 0 aliphatic heterocycles. The number of aryl methyl sites for hydroxylation is 2. The fourth-order valence-electron chi connectivity index (χ4n) is 2.15. The average molecular weight is 203 g/mol. The first-order chi connectivity index (χ1) is 7.25. The molecule has 1 aliphatic rings. The highest BCUT2D eigenvalue weighted by Gasteiger charge is 2.16. The van der Waals surface area contributed by atoms with Crippen molar-refractivity contribution in [1.82, 2.24) is 5.32 Å². The van der Waals surface area contributed by atoms with Crippen LogP contribution in [0.15, 0.2) is 18.2 Å². The minimum atomic E-state index is 0.954. The summed E-state index contributed by atoms with van der Waals surface area (Å²) in [6.07, 6.45) is 4.30. The molecule has 1 saturated carbocycles. The zero-order valence-corrected chi connectivity index (χ0v) is 9.84. The van der Waals surface area contributed by atoms with Crippen LogP contribution in [0.5, 0.6) is 0 Å². The van der Waals surface area contributed by atoms with Gasteiger partial charge >= 0.3 is 0 Å². The molecule has 1 fully saturated rings. The van der Waals surface area contributed by atoms with Crippen molar-refractivity contribution >= 4 is 0 Å². The van der Waals surface area contributed by atoms with Gasteiger partial charge in [-0.25, -0.2) is 0 Å². The van der Waals surface area contributed by atoms with Crippen LogP contribution >= 0.6 is 0 Å². The summed E-state index contributed by atoms with van der Waals surface area (Å²) in [6, 6.07) is 6.71. The molecule has 15 heavy (non-hydrogen) atoms. The summed E-state index contributed by atoms with van der Waals surface area (Å²) in [5.74, 6) is 0.954. The molecule has 1 aromatic carbocycles. The van der Waals surface area contributed by atoms with E-state index in [-0.39, 0.29) is 0 Å². The number of benzene rings is 1. The second-order valence-electron chi connectivity index (χ2n) is 4.86. The first-order valence-electron chi connectivity index (χ1n) is 6.02. The molecule has 0 heterocycles. The lowest BCUT2D eigenvalue weighted by Crippen LogP contribution is -2.27. The van der Waals surface area contributed by atoms with Gasteiger partial charge in [-0.15, -0.1) is 0 Å². The van der Waals surface area contributed by atoms with E-state index in [9.17, 15) is 0 Å². The minimum Gasteiger partial charge on any atom is -0.312 e. The van der Waals surface area contributed by atoms with Gasteiger partial charge in [0, 0.05) is 6.54 Å². The highest BCUT2D eigenvalue weighted by atomic mass is 14.9. The van der Waals surface area contributed by atoms with E-state index in [1.165, 1.54) is 42.5 Å². The van der Waals surface area contributed by atoms with Crippen LogP contribution in [0.4, 0.5) is 0 Å². The summed E-state index contributed by atoms with van der Waals surface area (Å²) in [5, 5.41) is 3.56. The van der Waals surface area contributed by atoms with Crippen LogP contribution < -0.4 is 5.32 Å². The smallest absolute Gasteiger partial charge is 0.0208 e. The van der Waals surface area contributed by atoms with Gasteiger partial charge in [0.05, 0.1) is 0 Å². The summed E-state index contributed by atoms with van der Waals surface area (Å²) < 4.78 is 0. The molecule has 0 unspecified atom stereocenters. The summed E-state index contributed by atoms with van der Waals surface area (Å²) in [5.41, 5.74) is 4.21. The Morgan fingerprint density at radius 3 is 2.67 bits per heavy atom. The third kappa shape index (κ3) is 2.82. The second kappa shape index (κ2) is 4.80. The van der Waals surface area contributed by atoms with Gasteiger partial charge in [-0.3, -0.25) is 0 Å². The fraction of sp³-hybridized carbons (Fsp3) is 0.571. The Morgan fingerprint density at radius 2 is 2.07 bits per heavy atom. The van der Waals surface area contributed by atoms with Crippen LogP contribution in [0.25, 0.3) is 0 Å². The lowest BCUT2D eigenvalue weighted by molar-refractivity contribution is 0.301. The Balaban J connectivity index is 1.81. The quantitative estimate of drug-likeness (QED) is 0.792. The number of hydrogen-bond donors (Lipinski definition) is 1. The molecule has 82 valence electrons. The van der Waals surface area contributed by atoms with Crippen LogP contribution in [0.1, 0.15) is 36.0 Å². The Hall–Kier alpha value is -0.820. The number of rotatable bonds is 4. The van der Waals surface area contributed by atoms with Crippen molar-refractivity contribution in [3.63, 3.8) is 0 Å². The van der Waals surface area contributed by atoms with Crippen molar-refractivity contribution in [2.45, 2.75) is 39.7 Å². The van der Waals surface area contributed by atoms with Gasteiger partial charge < -0.3 is 5.32 Å². The van der Waals surface area contributed by atoms with Crippen molar-refractivity contribution in [1.29, 1.82) is 0 Å². The Labute approximate surface area is 92.9 Å². The highest BCUT2D eigenvalue weighted by molar-refractivity contribution is 5.30. The van der Waals surface area contributed by atoms with Crippen molar-refractivity contribution < 1.29 is 0 Å². The molecule has 0 saturated heterocycles. The molecule has 0 aromatic heterocycles. The largest absolute Gasteiger partial charge is 0.312 e. The predicted octanol–water partition coefficient (Wildman–Crippen LogP) is 3.19. The summed E-state index contributed by atoms with van der Waals surface area (Å²) in [6.45, 7) is 6.59. The van der Waals surface area contributed by atoms with Crippen LogP contribution in [0.3, 0.4) is 0 Å². The minimum absolute atomic E-state index is 0.954. The second-order valence-corrected chi connectivity index (χ2v) is 4.86. The van der Waals surface area contributed by atoms with E-state index < -0.39 is 0 Å². The monoisotopic (exact) mass is 203 g/mol. The van der Waals surface area contributed by atoms with Gasteiger partial charge in [-0.05, 0) is 50.3 Å². The van der Waals surface area contributed by atoms with Crippen LogP contribution in [0.2, 0.25) is 0 Å². The molecule has 0 amide bonds. The van der Waals surface area contributed by atoms with Crippen LogP contribution in [-0.2, 0) is 6.54 Å². The maximum Gasteiger partial charge on any atom is 0.0208 e. The molecule has 0 atom stereocenters. The van der Waals surface area contributed by atoms with Gasteiger partial charge in [0.2, 0.25) is 0 Å². The Bertz CT molecular complexity index is 326. The maximum absolute atomic E-state index is 3.56. The number of nitrogens with one attached hydrogen (secondary N) is 1. The van der Waals surface area contributed by atoms with E-state index in [1.54, 1.807) is 0 Å². The third-order valence-electron chi connectivity index (χ3n) is 3.47. The highest BCUT2D eigenvalue weighted by Crippen LogP contribution is 2.25. The molecule has 0 spiro atoms. The van der Waals surface area contributed by atoms with E-state index >= 15 is 0 Å². The van der Waals surface area contributed by atoms with E-state index in [0.29, 0.717) is 0 Å². The van der Waals surface area contributed by atoms with Gasteiger partial charge in [0.25, 0.3) is 0 Å². The molecular formula is C14H21N. The molecule has 2 rings (SSSR count). The maximum atomic E-state index is 3.56. The van der Waals surface area contributed by atoms with Crippen molar-refractivity contribution in [2.75, 3.05) is 6.54 Å². The first-order valence-corrected chi connectivity index (χ1v) is 6.02. The van der Waals surface area contributed by atoms with Crippen molar-refractivity contribution in [2.24, 2.45) is 5.92 Å². The van der Waals surface area contributed by atoms with Gasteiger partial charge in [0.1, 0.15) is 0 Å². The molecule has 0 radical (unpaired) electrons. The first kappa shape index (κ1) is 10.7.